The van der Waals surface area contributed by atoms with Gasteiger partial charge in [0.2, 0.25) is 5.52 Å². The number of aromatic nitrogens is 4. The molecule has 0 amide bonds. The van der Waals surface area contributed by atoms with Crippen LogP contribution < -0.4 is 15.8 Å². The zero-order valence-electron chi connectivity index (χ0n) is 11.7. The van der Waals surface area contributed by atoms with E-state index >= 15 is 0 Å². The summed E-state index contributed by atoms with van der Waals surface area (Å²) in [5.74, 6) is 0. The van der Waals surface area contributed by atoms with E-state index in [0.29, 0.717) is 5.69 Å². The van der Waals surface area contributed by atoms with Gasteiger partial charge in [0.1, 0.15) is 31.1 Å². The molecule has 0 fully saturated rings. The Labute approximate surface area is 123 Å². The van der Waals surface area contributed by atoms with Crippen LogP contribution in [0.1, 0.15) is 5.69 Å². The minimum absolute atomic E-state index is 0.0241. The van der Waals surface area contributed by atoms with Gasteiger partial charge in [-0.05, 0) is 6.92 Å². The summed E-state index contributed by atoms with van der Waals surface area (Å²) < 4.78 is 1.34. The molecule has 10 nitrogen and oxygen atoms in total. The molecule has 0 aliphatic rings. The lowest BCUT2D eigenvalue weighted by Crippen LogP contribution is -2.50. The quantitative estimate of drug-likeness (QED) is 0.309. The predicted octanol–water partition coefficient (Wildman–Crippen LogP) is -3.72. The molecule has 0 saturated heterocycles. The minimum Gasteiger partial charge on any atom is -0.394 e. The highest BCUT2D eigenvalue weighted by Crippen LogP contribution is 2.03. The average Bonchev–Trinajstić information content (AvgIpc) is 2.46. The van der Waals surface area contributed by atoms with Crippen LogP contribution >= 0.6 is 0 Å². The number of aryl methyl sites for hydroxylation is 1. The second-order valence-electron chi connectivity index (χ2n) is 4.95. The smallest absolute Gasteiger partial charge is 0.394 e. The summed E-state index contributed by atoms with van der Waals surface area (Å²) >= 11 is 0. The van der Waals surface area contributed by atoms with E-state index in [-0.39, 0.29) is 17.7 Å². The summed E-state index contributed by atoms with van der Waals surface area (Å²) in [6.45, 7) is 0.679. The van der Waals surface area contributed by atoms with Crippen molar-refractivity contribution in [2.75, 3.05) is 6.61 Å². The van der Waals surface area contributed by atoms with E-state index in [4.69, 9.17) is 5.11 Å². The van der Waals surface area contributed by atoms with E-state index in [9.17, 15) is 24.9 Å². The number of aromatic amines is 2. The van der Waals surface area contributed by atoms with Crippen LogP contribution in [0.3, 0.4) is 0 Å². The second kappa shape index (κ2) is 6.32. The van der Waals surface area contributed by atoms with Gasteiger partial charge in [-0.2, -0.15) is 4.98 Å². The molecule has 0 bridgehead atoms. The Bertz CT molecular complexity index is 785. The topological polar surface area (TPSA) is 163 Å². The maximum atomic E-state index is 11.7. The molecular formula is C12H17N4O6+. The van der Waals surface area contributed by atoms with Gasteiger partial charge in [-0.15, -0.1) is 0 Å². The van der Waals surface area contributed by atoms with Crippen LogP contribution in [0, 0.1) is 6.92 Å². The number of nitrogens with zero attached hydrogens (tertiary/aromatic N) is 2. The van der Waals surface area contributed by atoms with Crippen molar-refractivity contribution in [2.45, 2.75) is 31.8 Å². The second-order valence-corrected chi connectivity index (χ2v) is 4.95. The summed E-state index contributed by atoms with van der Waals surface area (Å²) in [5, 5.41) is 37.7. The Morgan fingerprint density at radius 2 is 1.91 bits per heavy atom. The Morgan fingerprint density at radius 3 is 2.55 bits per heavy atom. The van der Waals surface area contributed by atoms with Gasteiger partial charge in [-0.3, -0.25) is 9.78 Å². The third-order valence-electron chi connectivity index (χ3n) is 3.18. The summed E-state index contributed by atoms with van der Waals surface area (Å²) in [7, 11) is 0. The molecule has 0 aliphatic carbocycles. The molecular weight excluding hydrogens is 296 g/mol. The molecule has 0 spiro atoms. The lowest BCUT2D eigenvalue weighted by atomic mass is 10.1. The lowest BCUT2D eigenvalue weighted by molar-refractivity contribution is -0.682. The number of nitrogens with one attached hydrogen (secondary N) is 2. The van der Waals surface area contributed by atoms with Crippen molar-refractivity contribution in [1.82, 2.24) is 15.0 Å². The molecule has 6 N–H and O–H groups in total. The van der Waals surface area contributed by atoms with Crippen molar-refractivity contribution in [1.29, 1.82) is 0 Å². The first-order valence-corrected chi connectivity index (χ1v) is 6.52. The monoisotopic (exact) mass is 313 g/mol. The first-order valence-electron chi connectivity index (χ1n) is 6.52. The molecule has 3 atom stereocenters. The fourth-order valence-electron chi connectivity index (χ4n) is 2.09. The fourth-order valence-corrected chi connectivity index (χ4v) is 2.09. The van der Waals surface area contributed by atoms with Gasteiger partial charge in [0, 0.05) is 0 Å². The molecule has 2 heterocycles. The maximum Gasteiger partial charge on any atom is 0.413 e. The standard InChI is InChI=1S/C12H16N4O6/c1-5-2-16(3-6(18)9(20)7(19)4-17)10-8(13-5)11(21)15-12(22)14-10/h2,6-7,9,17-20H,3-4H2,1H3,(H,15,21,22)/p+1/t6-,7+,9-/m0/s1. The van der Waals surface area contributed by atoms with Crippen molar-refractivity contribution in [3.8, 4) is 0 Å². The Hall–Kier alpha value is -2.14. The zero-order valence-corrected chi connectivity index (χ0v) is 11.7. The highest BCUT2D eigenvalue weighted by Gasteiger charge is 2.27. The molecule has 2 rings (SSSR count). The largest absolute Gasteiger partial charge is 0.413 e. The van der Waals surface area contributed by atoms with Gasteiger partial charge in [0.05, 0.1) is 12.3 Å². The number of hydrogen-bond donors (Lipinski definition) is 6. The summed E-state index contributed by atoms with van der Waals surface area (Å²) in [4.78, 5) is 31.6. The third kappa shape index (κ3) is 3.20. The summed E-state index contributed by atoms with van der Waals surface area (Å²) in [6.07, 6.45) is -3.05. The zero-order chi connectivity index (χ0) is 16.4. The van der Waals surface area contributed by atoms with Crippen LogP contribution in [-0.4, -0.2) is 60.3 Å². The number of aliphatic hydroxyl groups is 4. The molecule has 10 heteroatoms. The van der Waals surface area contributed by atoms with Gasteiger partial charge >= 0.3 is 11.3 Å². The van der Waals surface area contributed by atoms with Gasteiger partial charge in [-0.1, -0.05) is 0 Å². The van der Waals surface area contributed by atoms with Crippen LogP contribution in [0.4, 0.5) is 0 Å². The van der Waals surface area contributed by atoms with E-state index in [0.717, 1.165) is 0 Å². The van der Waals surface area contributed by atoms with E-state index in [1.54, 1.807) is 6.92 Å². The fraction of sp³-hybridized carbons (Fsp3) is 0.500. The van der Waals surface area contributed by atoms with Crippen molar-refractivity contribution in [3.05, 3.63) is 32.7 Å². The molecule has 2 aromatic heterocycles. The van der Waals surface area contributed by atoms with Crippen molar-refractivity contribution >= 4 is 11.2 Å². The maximum absolute atomic E-state index is 11.7. The first kappa shape index (κ1) is 16.2. The number of aliphatic hydroxyl groups excluding tert-OH is 4. The summed E-state index contributed by atoms with van der Waals surface area (Å²) in [5.41, 5.74) is -0.911. The van der Waals surface area contributed by atoms with Crippen molar-refractivity contribution in [2.24, 2.45) is 0 Å². The van der Waals surface area contributed by atoms with Crippen LogP contribution in [0.5, 0.6) is 0 Å². The van der Waals surface area contributed by atoms with Crippen LogP contribution in [0.25, 0.3) is 11.2 Å². The van der Waals surface area contributed by atoms with E-state index in [1.165, 1.54) is 10.8 Å². The predicted molar refractivity (Wildman–Crippen MR) is 73.0 cm³/mol. The first-order chi connectivity index (χ1) is 10.3. The van der Waals surface area contributed by atoms with Crippen LogP contribution in [0.15, 0.2) is 15.8 Å². The van der Waals surface area contributed by atoms with Crippen LogP contribution in [0.2, 0.25) is 0 Å². The van der Waals surface area contributed by atoms with Gasteiger partial charge in [-0.25, -0.2) is 14.3 Å². The Balaban J connectivity index is 2.47. The third-order valence-corrected chi connectivity index (χ3v) is 3.18. The lowest BCUT2D eigenvalue weighted by Gasteiger charge is -2.20. The minimum atomic E-state index is -1.59. The van der Waals surface area contributed by atoms with Crippen LogP contribution in [-0.2, 0) is 6.54 Å². The van der Waals surface area contributed by atoms with Gasteiger partial charge in [0.25, 0.3) is 5.56 Å². The SMILES string of the molecule is Cc1c[n+](C[C@H](O)[C@H](O)[C@H](O)CO)c2[nH]c(=O)[nH]c(=O)c2n1. The van der Waals surface area contributed by atoms with E-state index < -0.39 is 36.2 Å². The molecule has 0 unspecified atom stereocenters. The van der Waals surface area contributed by atoms with E-state index in [1.807, 2.05) is 4.98 Å². The highest BCUT2D eigenvalue weighted by atomic mass is 16.4. The van der Waals surface area contributed by atoms with Crippen molar-refractivity contribution in [3.63, 3.8) is 0 Å². The molecule has 120 valence electrons. The number of rotatable bonds is 5. The van der Waals surface area contributed by atoms with E-state index in [2.05, 4.69) is 9.97 Å². The number of fused-ring (bicyclic) bond motifs is 1. The average molecular weight is 313 g/mol. The Kier molecular flexibility index (Phi) is 4.66. The number of H-pyrrole nitrogens is 2. The molecule has 22 heavy (non-hydrogen) atoms. The van der Waals surface area contributed by atoms with Gasteiger partial charge in [0.15, 0.2) is 0 Å². The highest BCUT2D eigenvalue weighted by molar-refractivity contribution is 5.63. The number of hydrogen-bond acceptors (Lipinski definition) is 7. The molecule has 0 saturated carbocycles. The molecule has 0 radical (unpaired) electrons. The van der Waals surface area contributed by atoms with Gasteiger partial charge < -0.3 is 20.4 Å². The summed E-state index contributed by atoms with van der Waals surface area (Å²) in [6, 6.07) is 0. The molecule has 2 aromatic rings. The normalized spacial score (nSPS) is 15.7. The van der Waals surface area contributed by atoms with Crippen molar-refractivity contribution < 1.29 is 25.0 Å². The molecule has 0 aliphatic heterocycles. The molecule has 0 aromatic carbocycles. The Morgan fingerprint density at radius 1 is 1.23 bits per heavy atom.